The highest BCUT2D eigenvalue weighted by molar-refractivity contribution is 5.54. The fourth-order valence-corrected chi connectivity index (χ4v) is 0.554. The maximum absolute atomic E-state index is 3.99. The molecule has 1 heteroatoms. The average Bonchev–Trinajstić information content (AvgIpc) is 2.01. The van der Waals surface area contributed by atoms with Gasteiger partial charge >= 0.3 is 0 Å². The van der Waals surface area contributed by atoms with Crippen LogP contribution in [0.1, 0.15) is 20.8 Å². The van der Waals surface area contributed by atoms with Crippen molar-refractivity contribution in [3.63, 3.8) is 0 Å². The Hall–Kier alpha value is -1.11. The van der Waals surface area contributed by atoms with Crippen LogP contribution in [0, 0.1) is 0 Å². The molecule has 0 fully saturated rings. The molecule has 0 amide bonds. The Morgan fingerprint density at radius 2 is 1.91 bits per heavy atom. The molecule has 1 nitrogen and oxygen atoms in total. The summed E-state index contributed by atoms with van der Waals surface area (Å²) in [6, 6.07) is 0. The molecule has 11 heavy (non-hydrogen) atoms. The van der Waals surface area contributed by atoms with E-state index in [1.54, 1.807) is 6.21 Å². The largest absolute Gasteiger partial charge is 0.269 e. The topological polar surface area (TPSA) is 12.4 Å². The van der Waals surface area contributed by atoms with E-state index in [0.29, 0.717) is 0 Å². The van der Waals surface area contributed by atoms with Crippen molar-refractivity contribution in [2.45, 2.75) is 20.8 Å². The summed E-state index contributed by atoms with van der Waals surface area (Å²) in [5.41, 5.74) is 1.15. The van der Waals surface area contributed by atoms with Gasteiger partial charge in [0.15, 0.2) is 0 Å². The molecule has 0 aromatic carbocycles. The lowest BCUT2D eigenvalue weighted by molar-refractivity contribution is 1.43. The quantitative estimate of drug-likeness (QED) is 0.432. The normalized spacial score (nSPS) is 14.3. The summed E-state index contributed by atoms with van der Waals surface area (Å²) in [6.45, 7) is 5.92. The van der Waals surface area contributed by atoms with E-state index in [4.69, 9.17) is 0 Å². The number of aliphatic imine (C=N–C) groups is 1. The predicted octanol–water partition coefficient (Wildman–Crippen LogP) is 3.11. The van der Waals surface area contributed by atoms with Gasteiger partial charge in [0, 0.05) is 12.4 Å². The van der Waals surface area contributed by atoms with E-state index in [0.717, 1.165) is 5.57 Å². The van der Waals surface area contributed by atoms with Crippen molar-refractivity contribution in [1.82, 2.24) is 0 Å². The van der Waals surface area contributed by atoms with E-state index < -0.39 is 0 Å². The molecule has 0 aromatic rings. The SMILES string of the molecule is C\C=C/C=C\C(C)=C\N=C/C. The monoisotopic (exact) mass is 149 g/mol. The second kappa shape index (κ2) is 7.00. The van der Waals surface area contributed by atoms with Crippen molar-refractivity contribution in [3.8, 4) is 0 Å². The fraction of sp³-hybridized carbons (Fsp3) is 0.300. The molecule has 0 saturated carbocycles. The molecule has 0 atom stereocenters. The minimum absolute atomic E-state index is 1.15. The molecule has 60 valence electrons. The van der Waals surface area contributed by atoms with Crippen LogP contribution in [0.25, 0.3) is 0 Å². The first-order valence-corrected chi connectivity index (χ1v) is 3.75. The van der Waals surface area contributed by atoms with Gasteiger partial charge in [-0.25, -0.2) is 0 Å². The molecule has 0 saturated heterocycles. The molecular weight excluding hydrogens is 134 g/mol. The van der Waals surface area contributed by atoms with Gasteiger partial charge in [0.05, 0.1) is 0 Å². The van der Waals surface area contributed by atoms with Gasteiger partial charge in [-0.1, -0.05) is 24.3 Å². The highest BCUT2D eigenvalue weighted by Crippen LogP contribution is 1.94. The van der Waals surface area contributed by atoms with Crippen LogP contribution >= 0.6 is 0 Å². The maximum atomic E-state index is 3.99. The molecule has 0 aliphatic carbocycles. The van der Waals surface area contributed by atoms with Gasteiger partial charge < -0.3 is 0 Å². The van der Waals surface area contributed by atoms with Crippen LogP contribution in [0.15, 0.2) is 41.1 Å². The molecule has 0 radical (unpaired) electrons. The Morgan fingerprint density at radius 3 is 2.45 bits per heavy atom. The van der Waals surface area contributed by atoms with Crippen molar-refractivity contribution >= 4 is 6.21 Å². The summed E-state index contributed by atoms with van der Waals surface area (Å²) in [5.74, 6) is 0. The Labute approximate surface area is 68.9 Å². The van der Waals surface area contributed by atoms with E-state index in [1.165, 1.54) is 0 Å². The van der Waals surface area contributed by atoms with E-state index >= 15 is 0 Å². The minimum Gasteiger partial charge on any atom is -0.269 e. The third-order valence-corrected chi connectivity index (χ3v) is 1.09. The molecule has 0 rings (SSSR count). The van der Waals surface area contributed by atoms with Crippen LogP contribution in [0.3, 0.4) is 0 Å². The fourth-order valence-electron chi connectivity index (χ4n) is 0.554. The van der Waals surface area contributed by atoms with Gasteiger partial charge in [0.1, 0.15) is 0 Å². The standard InChI is InChI=1S/C10H15N/c1-4-6-7-8-10(3)9-11-5-2/h4-9H,1-3H3/b6-4-,8-7-,10-9+,11-5-. The van der Waals surface area contributed by atoms with Crippen LogP contribution in [-0.2, 0) is 0 Å². The lowest BCUT2D eigenvalue weighted by Gasteiger charge is -1.84. The lowest BCUT2D eigenvalue weighted by atomic mass is 10.3. The molecular formula is C10H15N. The summed E-state index contributed by atoms with van der Waals surface area (Å²) in [4.78, 5) is 3.99. The second-order valence-electron chi connectivity index (χ2n) is 2.17. The number of rotatable bonds is 3. The zero-order valence-corrected chi connectivity index (χ0v) is 7.41. The third kappa shape index (κ3) is 6.78. The molecule has 0 unspecified atom stereocenters. The van der Waals surface area contributed by atoms with Crippen molar-refractivity contribution in [3.05, 3.63) is 36.1 Å². The average molecular weight is 149 g/mol. The first-order valence-electron chi connectivity index (χ1n) is 3.75. The van der Waals surface area contributed by atoms with Crippen LogP contribution in [0.5, 0.6) is 0 Å². The van der Waals surface area contributed by atoms with Crippen LogP contribution < -0.4 is 0 Å². The molecule has 0 aliphatic heterocycles. The van der Waals surface area contributed by atoms with E-state index in [9.17, 15) is 0 Å². The van der Waals surface area contributed by atoms with E-state index in [2.05, 4.69) is 4.99 Å². The summed E-state index contributed by atoms with van der Waals surface area (Å²) < 4.78 is 0. The Balaban J connectivity index is 3.94. The third-order valence-electron chi connectivity index (χ3n) is 1.09. The highest BCUT2D eigenvalue weighted by Gasteiger charge is 1.74. The van der Waals surface area contributed by atoms with Crippen molar-refractivity contribution in [2.75, 3.05) is 0 Å². The zero-order valence-electron chi connectivity index (χ0n) is 7.41. The van der Waals surface area contributed by atoms with Gasteiger partial charge in [0.2, 0.25) is 0 Å². The number of hydrogen-bond acceptors (Lipinski definition) is 1. The van der Waals surface area contributed by atoms with Crippen LogP contribution in [0.4, 0.5) is 0 Å². The van der Waals surface area contributed by atoms with Gasteiger partial charge in [0.25, 0.3) is 0 Å². The smallest absolute Gasteiger partial charge is 0.0292 e. The van der Waals surface area contributed by atoms with Gasteiger partial charge in [-0.3, -0.25) is 4.99 Å². The summed E-state index contributed by atoms with van der Waals surface area (Å²) in [5, 5.41) is 0. The highest BCUT2D eigenvalue weighted by atomic mass is 14.7. The van der Waals surface area contributed by atoms with Gasteiger partial charge in [-0.2, -0.15) is 0 Å². The van der Waals surface area contributed by atoms with Crippen molar-refractivity contribution < 1.29 is 0 Å². The van der Waals surface area contributed by atoms with Gasteiger partial charge in [-0.15, -0.1) is 0 Å². The zero-order chi connectivity index (χ0) is 8.53. The van der Waals surface area contributed by atoms with E-state index in [1.807, 2.05) is 51.3 Å². The lowest BCUT2D eigenvalue weighted by Crippen LogP contribution is -1.65. The Bertz CT molecular complexity index is 195. The van der Waals surface area contributed by atoms with E-state index in [-0.39, 0.29) is 0 Å². The Kier molecular flexibility index (Phi) is 6.30. The molecule has 0 spiro atoms. The number of allylic oxidation sites excluding steroid dienone is 5. The summed E-state index contributed by atoms with van der Waals surface area (Å²) in [7, 11) is 0. The minimum atomic E-state index is 1.15. The van der Waals surface area contributed by atoms with Gasteiger partial charge in [-0.05, 0) is 26.3 Å². The molecule has 0 bridgehead atoms. The summed E-state index contributed by atoms with van der Waals surface area (Å²) >= 11 is 0. The first-order chi connectivity index (χ1) is 5.31. The molecule has 0 heterocycles. The van der Waals surface area contributed by atoms with Crippen LogP contribution in [0.2, 0.25) is 0 Å². The van der Waals surface area contributed by atoms with Crippen molar-refractivity contribution in [1.29, 1.82) is 0 Å². The molecule has 0 aliphatic rings. The number of nitrogens with zero attached hydrogens (tertiary/aromatic N) is 1. The first kappa shape index (κ1) is 9.89. The summed E-state index contributed by atoms with van der Waals surface area (Å²) in [6.07, 6.45) is 11.6. The number of hydrogen-bond donors (Lipinski definition) is 0. The predicted molar refractivity (Wildman–Crippen MR) is 51.9 cm³/mol. The molecule has 0 N–H and O–H groups in total. The van der Waals surface area contributed by atoms with Crippen molar-refractivity contribution in [2.24, 2.45) is 4.99 Å². The Morgan fingerprint density at radius 1 is 1.18 bits per heavy atom. The second-order valence-corrected chi connectivity index (χ2v) is 2.17. The maximum Gasteiger partial charge on any atom is 0.0292 e. The van der Waals surface area contributed by atoms with Crippen LogP contribution in [-0.4, -0.2) is 6.21 Å². The molecule has 0 aromatic heterocycles.